The molecule has 0 aliphatic heterocycles. The van der Waals surface area contributed by atoms with Gasteiger partial charge in [0.05, 0.1) is 18.2 Å². The van der Waals surface area contributed by atoms with E-state index in [4.69, 9.17) is 21.7 Å². The molecule has 0 fully saturated rings. The van der Waals surface area contributed by atoms with Gasteiger partial charge in [0, 0.05) is 0 Å². The Morgan fingerprint density at radius 1 is 1.67 bits per heavy atom. The number of hydrogen-bond donors (Lipinski definition) is 5. The minimum atomic E-state index is -1.48. The van der Waals surface area contributed by atoms with Gasteiger partial charge in [0.15, 0.2) is 0 Å². The molecule has 0 aliphatic rings. The third-order valence-corrected chi connectivity index (χ3v) is 1.64. The second kappa shape index (κ2) is 3.81. The van der Waals surface area contributed by atoms with Crippen molar-refractivity contribution in [2.45, 2.75) is 24.6 Å². The topological polar surface area (TPSA) is 130 Å². The first-order chi connectivity index (χ1) is 5.33. The lowest BCUT2D eigenvalue weighted by atomic mass is 9.92. The maximum Gasteiger partial charge on any atom is 0.323 e. The van der Waals surface area contributed by atoms with Crippen molar-refractivity contribution in [1.82, 2.24) is 0 Å². The van der Waals surface area contributed by atoms with E-state index < -0.39 is 30.3 Å². The highest BCUT2D eigenvalue weighted by Gasteiger charge is 2.36. The van der Waals surface area contributed by atoms with E-state index >= 15 is 0 Å². The fourth-order valence-electron chi connectivity index (χ4n) is 0.639. The maximum absolute atomic E-state index is 10.3. The summed E-state index contributed by atoms with van der Waals surface area (Å²) in [5.74, 6) is -1.35. The summed E-state index contributed by atoms with van der Waals surface area (Å²) >= 11 is 0. The fourth-order valence-corrected chi connectivity index (χ4v) is 0.639. The van der Waals surface area contributed by atoms with Crippen LogP contribution in [0.25, 0.3) is 0 Å². The third kappa shape index (κ3) is 2.42. The van der Waals surface area contributed by atoms with E-state index in [1.807, 2.05) is 0 Å². The monoisotopic (exact) mass is 178 g/mol. The molecule has 0 saturated carbocycles. The highest BCUT2D eigenvalue weighted by Crippen LogP contribution is 2.08. The molecular weight excluding hydrogens is 164 g/mol. The Labute approximate surface area is 69.8 Å². The summed E-state index contributed by atoms with van der Waals surface area (Å²) in [7, 11) is 0. The molecule has 0 radical (unpaired) electrons. The number of aliphatic carboxylic acids is 1. The Hall–Kier alpha value is -0.690. The predicted octanol–water partition coefficient (Wildman–Crippen LogP) is -2.53. The number of carboxylic acid groups (broad SMARTS) is 1. The van der Waals surface area contributed by atoms with Gasteiger partial charge in [-0.15, -0.1) is 0 Å². The van der Waals surface area contributed by atoms with Gasteiger partial charge in [-0.25, -0.2) is 0 Å². The van der Waals surface area contributed by atoms with Gasteiger partial charge in [0.2, 0.25) is 0 Å². The molecule has 0 rings (SSSR count). The summed E-state index contributed by atoms with van der Waals surface area (Å²) in [5.41, 5.74) is 9.04. The number of nitrogens with two attached hydrogens (primary N) is 2. The number of carbonyl (C=O) groups is 1. The van der Waals surface area contributed by atoms with Crippen LogP contribution in [0.3, 0.4) is 0 Å². The van der Waals surface area contributed by atoms with Crippen LogP contribution in [0.2, 0.25) is 0 Å². The summed E-state index contributed by atoms with van der Waals surface area (Å²) in [5, 5.41) is 26.3. The van der Waals surface area contributed by atoms with Gasteiger partial charge in [-0.05, 0) is 6.92 Å². The molecular formula is C6H14N2O4. The average molecular weight is 178 g/mol. The molecule has 0 amide bonds. The normalized spacial score (nSPS) is 21.1. The van der Waals surface area contributed by atoms with E-state index in [1.54, 1.807) is 0 Å². The number of hydrogen-bond acceptors (Lipinski definition) is 5. The van der Waals surface area contributed by atoms with Gasteiger partial charge in [0.1, 0.15) is 6.04 Å². The number of aliphatic hydroxyl groups is 2. The molecule has 0 aromatic rings. The number of carboxylic acids is 1. The van der Waals surface area contributed by atoms with Crippen molar-refractivity contribution in [2.75, 3.05) is 6.61 Å². The van der Waals surface area contributed by atoms with E-state index in [-0.39, 0.29) is 0 Å². The average Bonchev–Trinajstić information content (AvgIpc) is 2.01. The second-order valence-corrected chi connectivity index (χ2v) is 2.97. The summed E-state index contributed by atoms with van der Waals surface area (Å²) in [6, 6.07) is -1.48. The van der Waals surface area contributed by atoms with Crippen LogP contribution in [-0.4, -0.2) is 45.6 Å². The molecule has 7 N–H and O–H groups in total. The Morgan fingerprint density at radius 2 is 2.08 bits per heavy atom. The largest absolute Gasteiger partial charge is 0.480 e. The molecule has 0 bridgehead atoms. The Morgan fingerprint density at radius 3 is 2.33 bits per heavy atom. The smallest absolute Gasteiger partial charge is 0.323 e. The maximum atomic E-state index is 10.3. The summed E-state index contributed by atoms with van der Waals surface area (Å²) in [6.07, 6.45) is -1.47. The molecule has 0 saturated heterocycles. The highest BCUT2D eigenvalue weighted by atomic mass is 16.4. The predicted molar refractivity (Wildman–Crippen MR) is 41.3 cm³/mol. The summed E-state index contributed by atoms with van der Waals surface area (Å²) in [4.78, 5) is 10.3. The van der Waals surface area contributed by atoms with Gasteiger partial charge >= 0.3 is 5.97 Å². The lowest BCUT2D eigenvalue weighted by Crippen LogP contribution is -2.60. The zero-order valence-electron chi connectivity index (χ0n) is 6.77. The molecule has 72 valence electrons. The molecule has 3 atom stereocenters. The lowest BCUT2D eigenvalue weighted by molar-refractivity contribution is -0.142. The van der Waals surface area contributed by atoms with E-state index in [2.05, 4.69) is 0 Å². The van der Waals surface area contributed by atoms with E-state index in [0.717, 1.165) is 0 Å². The molecule has 0 aromatic carbocycles. The van der Waals surface area contributed by atoms with E-state index in [1.165, 1.54) is 6.92 Å². The van der Waals surface area contributed by atoms with Crippen LogP contribution < -0.4 is 11.5 Å². The molecule has 0 unspecified atom stereocenters. The van der Waals surface area contributed by atoms with Crippen molar-refractivity contribution in [3.8, 4) is 0 Å². The quantitative estimate of drug-likeness (QED) is 0.322. The summed E-state index contributed by atoms with van der Waals surface area (Å²) in [6.45, 7) is 0.787. The molecule has 12 heavy (non-hydrogen) atoms. The van der Waals surface area contributed by atoms with Crippen molar-refractivity contribution in [3.63, 3.8) is 0 Å². The lowest BCUT2D eigenvalue weighted by Gasteiger charge is -2.30. The Bertz CT molecular complexity index is 171. The van der Waals surface area contributed by atoms with Gasteiger partial charge in [0.25, 0.3) is 0 Å². The van der Waals surface area contributed by atoms with Gasteiger partial charge < -0.3 is 26.8 Å². The van der Waals surface area contributed by atoms with Gasteiger partial charge in [-0.3, -0.25) is 4.79 Å². The van der Waals surface area contributed by atoms with Crippen molar-refractivity contribution < 1.29 is 20.1 Å². The van der Waals surface area contributed by atoms with Crippen LogP contribution in [-0.2, 0) is 4.79 Å². The SMILES string of the molecule is C[C@@](N)(CO)[C@H](O)[C@@H](N)C(=O)O. The number of rotatable bonds is 4. The molecule has 0 spiro atoms. The van der Waals surface area contributed by atoms with Crippen molar-refractivity contribution in [3.05, 3.63) is 0 Å². The fraction of sp³-hybridized carbons (Fsp3) is 0.833. The summed E-state index contributed by atoms with van der Waals surface area (Å²) < 4.78 is 0. The van der Waals surface area contributed by atoms with E-state index in [9.17, 15) is 9.90 Å². The van der Waals surface area contributed by atoms with Gasteiger partial charge in [-0.1, -0.05) is 0 Å². The minimum absolute atomic E-state index is 0.533. The first-order valence-electron chi connectivity index (χ1n) is 3.39. The van der Waals surface area contributed by atoms with Crippen LogP contribution in [0.15, 0.2) is 0 Å². The molecule has 6 heteroatoms. The van der Waals surface area contributed by atoms with E-state index in [0.29, 0.717) is 0 Å². The first-order valence-corrected chi connectivity index (χ1v) is 3.39. The molecule has 0 heterocycles. The van der Waals surface area contributed by atoms with Crippen molar-refractivity contribution in [1.29, 1.82) is 0 Å². The zero-order chi connectivity index (χ0) is 9.94. The minimum Gasteiger partial charge on any atom is -0.480 e. The molecule has 0 aromatic heterocycles. The van der Waals surface area contributed by atoms with Crippen LogP contribution >= 0.6 is 0 Å². The first kappa shape index (κ1) is 11.3. The van der Waals surface area contributed by atoms with Crippen molar-refractivity contribution >= 4 is 5.97 Å². The van der Waals surface area contributed by atoms with Crippen LogP contribution in [0, 0.1) is 0 Å². The second-order valence-electron chi connectivity index (χ2n) is 2.97. The zero-order valence-corrected chi connectivity index (χ0v) is 6.77. The molecule has 0 aliphatic carbocycles. The van der Waals surface area contributed by atoms with Gasteiger partial charge in [-0.2, -0.15) is 0 Å². The molecule has 6 nitrogen and oxygen atoms in total. The third-order valence-electron chi connectivity index (χ3n) is 1.64. The standard InChI is InChI=1S/C6H14N2O4/c1-6(8,2-9)4(10)3(7)5(11)12/h3-4,9-10H,2,7-8H2,1H3,(H,11,12)/t3-,4-,6-/m1/s1. The highest BCUT2D eigenvalue weighted by molar-refractivity contribution is 5.74. The Balaban J connectivity index is 4.37. The van der Waals surface area contributed by atoms with Crippen molar-refractivity contribution in [2.24, 2.45) is 11.5 Å². The van der Waals surface area contributed by atoms with Crippen LogP contribution in [0.4, 0.5) is 0 Å². The van der Waals surface area contributed by atoms with Crippen LogP contribution in [0.5, 0.6) is 0 Å². The Kier molecular flexibility index (Phi) is 3.59. The number of aliphatic hydroxyl groups excluding tert-OH is 2. The van der Waals surface area contributed by atoms with Crippen LogP contribution in [0.1, 0.15) is 6.92 Å².